The number of carbonyl (C=O) groups is 1. The fourth-order valence-electron chi connectivity index (χ4n) is 2.88. The monoisotopic (exact) mass is 167 g/mol. The van der Waals surface area contributed by atoms with Gasteiger partial charge in [0.25, 0.3) is 0 Å². The Kier molecular flexibility index (Phi) is 1.85. The van der Waals surface area contributed by atoms with Crippen molar-refractivity contribution in [1.29, 1.82) is 0 Å². The van der Waals surface area contributed by atoms with Crippen LogP contribution >= 0.6 is 0 Å². The molecule has 2 aliphatic carbocycles. The number of fused-ring (bicyclic) bond motifs is 2. The van der Waals surface area contributed by atoms with Gasteiger partial charge in [0.15, 0.2) is 0 Å². The van der Waals surface area contributed by atoms with Crippen LogP contribution in [0, 0.1) is 17.8 Å². The van der Waals surface area contributed by atoms with Crippen molar-refractivity contribution < 1.29 is 4.79 Å². The number of hydrogen-bond donors (Lipinski definition) is 0. The molecule has 2 heteroatoms. The van der Waals surface area contributed by atoms with E-state index >= 15 is 0 Å². The van der Waals surface area contributed by atoms with E-state index in [-0.39, 0.29) is 0 Å². The van der Waals surface area contributed by atoms with Gasteiger partial charge in [-0.3, -0.25) is 4.79 Å². The van der Waals surface area contributed by atoms with Crippen LogP contribution in [0.3, 0.4) is 0 Å². The largest absolute Gasteiger partial charge is 0.349 e. The molecule has 0 aromatic rings. The topological polar surface area (TPSA) is 20.3 Å². The maximum atomic E-state index is 11.7. The lowest BCUT2D eigenvalue weighted by molar-refractivity contribution is -0.134. The maximum Gasteiger partial charge on any atom is 0.225 e. The zero-order valence-electron chi connectivity index (χ0n) is 7.92. The fourth-order valence-corrected chi connectivity index (χ4v) is 2.88. The number of carbonyl (C=O) groups excluding carboxylic acids is 1. The first kappa shape index (κ1) is 8.09. The van der Waals surface area contributed by atoms with Crippen LogP contribution in [-0.2, 0) is 4.79 Å². The smallest absolute Gasteiger partial charge is 0.225 e. The molecule has 0 aromatic carbocycles. The quantitative estimate of drug-likeness (QED) is 0.579. The van der Waals surface area contributed by atoms with Crippen molar-refractivity contribution in [3.05, 3.63) is 0 Å². The highest BCUT2D eigenvalue weighted by Gasteiger charge is 2.43. The molecular formula is C10H17NO. The third-order valence-electron chi connectivity index (χ3n) is 3.50. The lowest BCUT2D eigenvalue weighted by Crippen LogP contribution is -2.32. The van der Waals surface area contributed by atoms with Crippen molar-refractivity contribution in [1.82, 2.24) is 4.90 Å². The van der Waals surface area contributed by atoms with Crippen LogP contribution in [0.1, 0.15) is 25.7 Å². The van der Waals surface area contributed by atoms with E-state index in [2.05, 4.69) is 0 Å². The Morgan fingerprint density at radius 3 is 2.42 bits per heavy atom. The van der Waals surface area contributed by atoms with E-state index in [9.17, 15) is 4.79 Å². The SMILES string of the molecule is CN(C)C(=O)[C@@H]1C[C@H]2CC[C@@H]1C2. The van der Waals surface area contributed by atoms with Gasteiger partial charge in [-0.15, -0.1) is 0 Å². The van der Waals surface area contributed by atoms with Crippen LogP contribution in [0.4, 0.5) is 0 Å². The number of hydrogen-bond acceptors (Lipinski definition) is 1. The molecule has 0 N–H and O–H groups in total. The van der Waals surface area contributed by atoms with E-state index in [1.807, 2.05) is 14.1 Å². The third-order valence-corrected chi connectivity index (χ3v) is 3.50. The fraction of sp³-hybridized carbons (Fsp3) is 0.900. The van der Waals surface area contributed by atoms with E-state index in [4.69, 9.17) is 0 Å². The molecule has 0 aromatic heterocycles. The van der Waals surface area contributed by atoms with Gasteiger partial charge in [-0.05, 0) is 31.1 Å². The van der Waals surface area contributed by atoms with Gasteiger partial charge in [0.1, 0.15) is 0 Å². The molecule has 0 aliphatic heterocycles. The third kappa shape index (κ3) is 1.13. The molecule has 3 atom stereocenters. The van der Waals surface area contributed by atoms with Crippen LogP contribution in [0.5, 0.6) is 0 Å². The molecule has 1 amide bonds. The molecule has 2 rings (SSSR count). The second kappa shape index (κ2) is 2.75. The summed E-state index contributed by atoms with van der Waals surface area (Å²) in [6.07, 6.45) is 5.17. The van der Waals surface area contributed by atoms with Crippen LogP contribution in [0.15, 0.2) is 0 Å². The Morgan fingerprint density at radius 1 is 1.25 bits per heavy atom. The summed E-state index contributed by atoms with van der Waals surface area (Å²) in [5.41, 5.74) is 0. The minimum atomic E-state index is 0.363. The van der Waals surface area contributed by atoms with Gasteiger partial charge in [0, 0.05) is 20.0 Å². The molecule has 12 heavy (non-hydrogen) atoms. The van der Waals surface area contributed by atoms with Crippen LogP contribution < -0.4 is 0 Å². The van der Waals surface area contributed by atoms with Gasteiger partial charge in [-0.2, -0.15) is 0 Å². The normalized spacial score (nSPS) is 38.7. The Labute approximate surface area is 73.9 Å². The van der Waals surface area contributed by atoms with E-state index in [1.165, 1.54) is 25.7 Å². The second-order valence-corrected chi connectivity index (χ2v) is 4.51. The molecular weight excluding hydrogens is 150 g/mol. The molecule has 0 radical (unpaired) electrons. The van der Waals surface area contributed by atoms with Gasteiger partial charge < -0.3 is 4.90 Å². The zero-order valence-corrected chi connectivity index (χ0v) is 7.92. The van der Waals surface area contributed by atoms with Crippen molar-refractivity contribution >= 4 is 5.91 Å². The molecule has 68 valence electrons. The molecule has 2 aliphatic rings. The van der Waals surface area contributed by atoms with Gasteiger partial charge in [0.05, 0.1) is 0 Å². The van der Waals surface area contributed by atoms with E-state index in [0.29, 0.717) is 11.8 Å². The average molecular weight is 167 g/mol. The summed E-state index contributed by atoms with van der Waals surface area (Å²) in [6, 6.07) is 0. The van der Waals surface area contributed by atoms with Gasteiger partial charge in [-0.1, -0.05) is 6.42 Å². The second-order valence-electron chi connectivity index (χ2n) is 4.51. The molecule has 2 nitrogen and oxygen atoms in total. The number of rotatable bonds is 1. The van der Waals surface area contributed by atoms with Crippen LogP contribution in [-0.4, -0.2) is 24.9 Å². The highest BCUT2D eigenvalue weighted by Crippen LogP contribution is 2.48. The van der Waals surface area contributed by atoms with Crippen LogP contribution in [0.2, 0.25) is 0 Å². The van der Waals surface area contributed by atoms with Crippen molar-refractivity contribution in [2.24, 2.45) is 17.8 Å². The zero-order chi connectivity index (χ0) is 8.72. The van der Waals surface area contributed by atoms with E-state index in [1.54, 1.807) is 4.90 Å². The van der Waals surface area contributed by atoms with Crippen molar-refractivity contribution in [3.8, 4) is 0 Å². The molecule has 0 unspecified atom stereocenters. The lowest BCUT2D eigenvalue weighted by atomic mass is 9.88. The Morgan fingerprint density at radius 2 is 2.00 bits per heavy atom. The first-order chi connectivity index (χ1) is 5.68. The summed E-state index contributed by atoms with van der Waals surface area (Å²) in [7, 11) is 3.74. The minimum absolute atomic E-state index is 0.363. The minimum Gasteiger partial charge on any atom is -0.349 e. The Balaban J connectivity index is 2.02. The summed E-state index contributed by atoms with van der Waals surface area (Å²) in [5.74, 6) is 2.34. The van der Waals surface area contributed by atoms with E-state index in [0.717, 1.165) is 11.8 Å². The Hall–Kier alpha value is -0.530. The number of amides is 1. The molecule has 2 saturated carbocycles. The van der Waals surface area contributed by atoms with Crippen molar-refractivity contribution in [2.45, 2.75) is 25.7 Å². The summed E-state index contributed by atoms with van der Waals surface area (Å²) < 4.78 is 0. The predicted octanol–water partition coefficient (Wildman–Crippen LogP) is 1.51. The molecule has 0 spiro atoms. The van der Waals surface area contributed by atoms with Gasteiger partial charge in [0.2, 0.25) is 5.91 Å². The predicted molar refractivity (Wildman–Crippen MR) is 47.6 cm³/mol. The maximum absolute atomic E-state index is 11.7. The summed E-state index contributed by atoms with van der Waals surface area (Å²) in [5, 5.41) is 0. The summed E-state index contributed by atoms with van der Waals surface area (Å²) >= 11 is 0. The molecule has 0 heterocycles. The molecule has 2 fully saturated rings. The van der Waals surface area contributed by atoms with Gasteiger partial charge >= 0.3 is 0 Å². The summed E-state index contributed by atoms with van der Waals surface area (Å²) in [4.78, 5) is 13.4. The van der Waals surface area contributed by atoms with Crippen molar-refractivity contribution in [3.63, 3.8) is 0 Å². The van der Waals surface area contributed by atoms with Crippen LogP contribution in [0.25, 0.3) is 0 Å². The lowest BCUT2D eigenvalue weighted by Gasteiger charge is -2.23. The first-order valence-corrected chi connectivity index (χ1v) is 4.89. The first-order valence-electron chi connectivity index (χ1n) is 4.89. The standard InChI is InChI=1S/C10H17NO/c1-11(2)10(12)9-6-7-3-4-8(9)5-7/h7-9H,3-6H2,1-2H3/t7-,8+,9+/m0/s1. The highest BCUT2D eigenvalue weighted by molar-refractivity contribution is 5.79. The Bertz CT molecular complexity index is 200. The number of nitrogens with zero attached hydrogens (tertiary/aromatic N) is 1. The van der Waals surface area contributed by atoms with Crippen molar-refractivity contribution in [2.75, 3.05) is 14.1 Å². The average Bonchev–Trinajstić information content (AvgIpc) is 2.62. The summed E-state index contributed by atoms with van der Waals surface area (Å²) in [6.45, 7) is 0. The molecule has 2 bridgehead atoms. The highest BCUT2D eigenvalue weighted by atomic mass is 16.2. The van der Waals surface area contributed by atoms with E-state index < -0.39 is 0 Å². The molecule has 0 saturated heterocycles. The van der Waals surface area contributed by atoms with Gasteiger partial charge in [-0.25, -0.2) is 0 Å².